The fourth-order valence-electron chi connectivity index (χ4n) is 2.98. The van der Waals surface area contributed by atoms with E-state index in [2.05, 4.69) is 15.5 Å². The summed E-state index contributed by atoms with van der Waals surface area (Å²) in [5, 5.41) is 12.0. The molecule has 0 saturated heterocycles. The second-order valence-corrected chi connectivity index (χ2v) is 7.97. The van der Waals surface area contributed by atoms with E-state index in [0.717, 1.165) is 17.7 Å². The van der Waals surface area contributed by atoms with Crippen molar-refractivity contribution in [3.8, 4) is 5.75 Å². The molecule has 0 saturated carbocycles. The van der Waals surface area contributed by atoms with Crippen molar-refractivity contribution in [1.29, 1.82) is 0 Å². The van der Waals surface area contributed by atoms with Gasteiger partial charge >= 0.3 is 6.18 Å². The summed E-state index contributed by atoms with van der Waals surface area (Å²) in [4.78, 5) is 12.5. The van der Waals surface area contributed by atoms with Gasteiger partial charge in [-0.3, -0.25) is 9.48 Å². The number of carbonyl (C=O) groups excluding carboxylic acids is 1. The van der Waals surface area contributed by atoms with Gasteiger partial charge in [0.05, 0.1) is 12.1 Å². The standard InChI is InChI=1S/C22H16Cl2F3N5O2/c23-16-5-4-14(18(24)11-16)12-31-9-7-20(30-31)28-21(33)19-6-8-32(29-19)13-34-17-3-1-2-15(10-17)22(25,26)27/h1-11H,12-13H2,(H,28,30,33). The van der Waals surface area contributed by atoms with Crippen LogP contribution in [0.4, 0.5) is 19.0 Å². The lowest BCUT2D eigenvalue weighted by molar-refractivity contribution is -0.137. The van der Waals surface area contributed by atoms with Gasteiger partial charge in [-0.2, -0.15) is 23.4 Å². The number of carbonyl (C=O) groups is 1. The maximum atomic E-state index is 12.8. The van der Waals surface area contributed by atoms with Crippen LogP contribution in [0, 0.1) is 0 Å². The molecule has 1 amide bonds. The van der Waals surface area contributed by atoms with Gasteiger partial charge in [0, 0.05) is 28.5 Å². The SMILES string of the molecule is O=C(Nc1ccn(Cc2ccc(Cl)cc2Cl)n1)c1ccn(COc2cccc(C(F)(F)F)c2)n1. The van der Waals surface area contributed by atoms with Crippen molar-refractivity contribution in [3.63, 3.8) is 0 Å². The first kappa shape index (κ1) is 23.7. The Kier molecular flexibility index (Phi) is 6.80. The zero-order valence-electron chi connectivity index (χ0n) is 17.3. The molecule has 0 fully saturated rings. The number of alkyl halides is 3. The van der Waals surface area contributed by atoms with Crippen molar-refractivity contribution >= 4 is 34.9 Å². The topological polar surface area (TPSA) is 74.0 Å². The quantitative estimate of drug-likeness (QED) is 0.344. The third-order valence-corrected chi connectivity index (χ3v) is 5.21. The highest BCUT2D eigenvalue weighted by atomic mass is 35.5. The second kappa shape index (κ2) is 9.78. The number of ether oxygens (including phenoxy) is 1. The molecule has 7 nitrogen and oxygen atoms in total. The minimum absolute atomic E-state index is 0.0302. The molecule has 0 aliphatic rings. The summed E-state index contributed by atoms with van der Waals surface area (Å²) < 4.78 is 46.7. The zero-order chi connectivity index (χ0) is 24.3. The first-order chi connectivity index (χ1) is 16.2. The molecule has 0 atom stereocenters. The summed E-state index contributed by atoms with van der Waals surface area (Å²) in [7, 11) is 0. The van der Waals surface area contributed by atoms with Crippen LogP contribution in [0.5, 0.6) is 5.75 Å². The minimum atomic E-state index is -4.47. The van der Waals surface area contributed by atoms with Crippen LogP contribution >= 0.6 is 23.2 Å². The highest BCUT2D eigenvalue weighted by molar-refractivity contribution is 6.35. The Morgan fingerprint density at radius 1 is 1.00 bits per heavy atom. The number of hydrogen-bond acceptors (Lipinski definition) is 4. The van der Waals surface area contributed by atoms with Crippen LogP contribution in [0.3, 0.4) is 0 Å². The highest BCUT2D eigenvalue weighted by Crippen LogP contribution is 2.31. The van der Waals surface area contributed by atoms with Gasteiger partial charge < -0.3 is 10.1 Å². The Morgan fingerprint density at radius 3 is 2.56 bits per heavy atom. The molecule has 0 aliphatic carbocycles. The maximum Gasteiger partial charge on any atom is 0.416 e. The smallest absolute Gasteiger partial charge is 0.416 e. The van der Waals surface area contributed by atoms with E-state index in [1.54, 1.807) is 35.1 Å². The van der Waals surface area contributed by atoms with E-state index in [9.17, 15) is 18.0 Å². The highest BCUT2D eigenvalue weighted by Gasteiger charge is 2.30. The fourth-order valence-corrected chi connectivity index (χ4v) is 3.45. The van der Waals surface area contributed by atoms with Crippen LogP contribution in [0.2, 0.25) is 10.0 Å². The van der Waals surface area contributed by atoms with Crippen LogP contribution < -0.4 is 10.1 Å². The molecule has 0 radical (unpaired) electrons. The third-order valence-electron chi connectivity index (χ3n) is 4.63. The average molecular weight is 510 g/mol. The molecule has 2 aromatic carbocycles. The molecular formula is C22H16Cl2F3N5O2. The number of nitrogens with zero attached hydrogens (tertiary/aromatic N) is 4. The Hall–Kier alpha value is -3.50. The number of hydrogen-bond donors (Lipinski definition) is 1. The number of amides is 1. The minimum Gasteiger partial charge on any atom is -0.471 e. The monoisotopic (exact) mass is 509 g/mol. The van der Waals surface area contributed by atoms with E-state index in [1.165, 1.54) is 29.1 Å². The molecule has 4 rings (SSSR count). The molecule has 0 unspecified atom stereocenters. The van der Waals surface area contributed by atoms with Gasteiger partial charge in [0.15, 0.2) is 18.2 Å². The largest absolute Gasteiger partial charge is 0.471 e. The van der Waals surface area contributed by atoms with Gasteiger partial charge in [-0.05, 0) is 42.0 Å². The molecular weight excluding hydrogens is 494 g/mol. The Balaban J connectivity index is 1.34. The number of rotatable bonds is 7. The molecule has 176 valence electrons. The number of aromatic nitrogens is 4. The van der Waals surface area contributed by atoms with Gasteiger partial charge in [0.2, 0.25) is 0 Å². The lowest BCUT2D eigenvalue weighted by Gasteiger charge is -2.10. The third kappa shape index (κ3) is 5.89. The Morgan fingerprint density at radius 2 is 1.79 bits per heavy atom. The van der Waals surface area contributed by atoms with Gasteiger partial charge in [-0.15, -0.1) is 0 Å². The average Bonchev–Trinajstić information content (AvgIpc) is 3.43. The van der Waals surface area contributed by atoms with Crippen LogP contribution in [0.1, 0.15) is 21.6 Å². The molecule has 0 aliphatic heterocycles. The number of nitrogens with one attached hydrogen (secondary N) is 1. The van der Waals surface area contributed by atoms with Crippen molar-refractivity contribution in [2.45, 2.75) is 19.5 Å². The van der Waals surface area contributed by atoms with Gasteiger partial charge in [0.25, 0.3) is 5.91 Å². The molecule has 12 heteroatoms. The van der Waals surface area contributed by atoms with E-state index in [1.807, 2.05) is 0 Å². The van der Waals surface area contributed by atoms with Gasteiger partial charge in [0.1, 0.15) is 5.75 Å². The predicted octanol–water partition coefficient (Wildman–Crippen LogP) is 5.74. The Labute approximate surface area is 201 Å². The Bertz CT molecular complexity index is 1320. The van der Waals surface area contributed by atoms with E-state index in [-0.39, 0.29) is 18.2 Å². The van der Waals surface area contributed by atoms with Crippen LogP contribution in [0.15, 0.2) is 67.0 Å². The molecule has 34 heavy (non-hydrogen) atoms. The molecule has 2 heterocycles. The lowest BCUT2D eigenvalue weighted by Crippen LogP contribution is -2.15. The van der Waals surface area contributed by atoms with E-state index >= 15 is 0 Å². The van der Waals surface area contributed by atoms with Gasteiger partial charge in [-0.1, -0.05) is 35.3 Å². The second-order valence-electron chi connectivity index (χ2n) is 7.13. The predicted molar refractivity (Wildman–Crippen MR) is 120 cm³/mol. The summed E-state index contributed by atoms with van der Waals surface area (Å²) >= 11 is 12.1. The first-order valence-electron chi connectivity index (χ1n) is 9.79. The van der Waals surface area contributed by atoms with Crippen molar-refractivity contribution < 1.29 is 22.7 Å². The van der Waals surface area contributed by atoms with Crippen LogP contribution in [0.25, 0.3) is 0 Å². The number of benzene rings is 2. The zero-order valence-corrected chi connectivity index (χ0v) is 18.8. The summed E-state index contributed by atoms with van der Waals surface area (Å²) in [5.41, 5.74) is 0.0813. The molecule has 0 bridgehead atoms. The number of anilines is 1. The summed E-state index contributed by atoms with van der Waals surface area (Å²) in [5.74, 6) is -0.167. The molecule has 1 N–H and O–H groups in total. The summed E-state index contributed by atoms with van der Waals surface area (Å²) in [6.07, 6.45) is -1.31. The molecule has 2 aromatic heterocycles. The first-order valence-corrected chi connectivity index (χ1v) is 10.6. The van der Waals surface area contributed by atoms with Crippen molar-refractivity contribution in [2.75, 3.05) is 5.32 Å². The van der Waals surface area contributed by atoms with E-state index in [4.69, 9.17) is 27.9 Å². The van der Waals surface area contributed by atoms with E-state index in [0.29, 0.717) is 22.4 Å². The molecule has 0 spiro atoms. The van der Waals surface area contributed by atoms with E-state index < -0.39 is 17.6 Å². The van der Waals surface area contributed by atoms with Crippen LogP contribution in [-0.4, -0.2) is 25.5 Å². The summed E-state index contributed by atoms with van der Waals surface area (Å²) in [6, 6.07) is 12.7. The van der Waals surface area contributed by atoms with Crippen LogP contribution in [-0.2, 0) is 19.5 Å². The normalized spacial score (nSPS) is 11.4. The van der Waals surface area contributed by atoms with Crippen molar-refractivity contribution in [1.82, 2.24) is 19.6 Å². The van der Waals surface area contributed by atoms with Crippen molar-refractivity contribution in [2.24, 2.45) is 0 Å². The molecule has 4 aromatic rings. The summed E-state index contributed by atoms with van der Waals surface area (Å²) in [6.45, 7) is 0.207. The maximum absolute atomic E-state index is 12.8. The number of halogens is 5. The van der Waals surface area contributed by atoms with Crippen molar-refractivity contribution in [3.05, 3.63) is 93.9 Å². The van der Waals surface area contributed by atoms with Gasteiger partial charge in [-0.25, -0.2) is 4.68 Å². The lowest BCUT2D eigenvalue weighted by atomic mass is 10.2. The fraction of sp³-hybridized carbons (Fsp3) is 0.136.